The highest BCUT2D eigenvalue weighted by atomic mass is 16.4. The molecule has 0 bridgehead atoms. The van der Waals surface area contributed by atoms with Gasteiger partial charge in [0, 0.05) is 12.6 Å². The molecule has 1 aromatic carbocycles. The fraction of sp³-hybridized carbons (Fsp3) is 0.0769. The molecular weight excluding hydrogens is 216 g/mol. The molecule has 0 unspecified atom stereocenters. The summed E-state index contributed by atoms with van der Waals surface area (Å²) in [6.07, 6.45) is 1.46. The van der Waals surface area contributed by atoms with Crippen LogP contribution in [0, 0.1) is 11.8 Å². The second-order valence-electron chi connectivity index (χ2n) is 3.45. The van der Waals surface area contributed by atoms with Gasteiger partial charge in [-0.2, -0.15) is 5.10 Å². The molecule has 1 aromatic heterocycles. The minimum Gasteiger partial charge on any atom is -0.476 e. The van der Waals surface area contributed by atoms with Crippen molar-refractivity contribution in [2.45, 2.75) is 0 Å². The lowest BCUT2D eigenvalue weighted by Gasteiger charge is -1.94. The average molecular weight is 226 g/mol. The number of carboxylic acids is 1. The maximum Gasteiger partial charge on any atom is 0.355 e. The third-order valence-corrected chi connectivity index (χ3v) is 2.26. The first-order chi connectivity index (χ1) is 8.18. The summed E-state index contributed by atoms with van der Waals surface area (Å²) in [5.74, 6) is 4.69. The first kappa shape index (κ1) is 11.0. The van der Waals surface area contributed by atoms with Crippen LogP contribution in [0.15, 0.2) is 36.5 Å². The first-order valence-corrected chi connectivity index (χ1v) is 5.01. The van der Waals surface area contributed by atoms with Crippen molar-refractivity contribution in [1.29, 1.82) is 0 Å². The number of hydrogen-bond acceptors (Lipinski definition) is 2. The lowest BCUT2D eigenvalue weighted by Crippen LogP contribution is -2.06. The van der Waals surface area contributed by atoms with E-state index in [9.17, 15) is 4.79 Å². The largest absolute Gasteiger partial charge is 0.476 e. The Balaban J connectivity index is 2.38. The van der Waals surface area contributed by atoms with Crippen LogP contribution in [-0.2, 0) is 7.05 Å². The van der Waals surface area contributed by atoms with E-state index in [2.05, 4.69) is 16.9 Å². The van der Waals surface area contributed by atoms with Crippen LogP contribution in [-0.4, -0.2) is 20.9 Å². The second-order valence-corrected chi connectivity index (χ2v) is 3.45. The number of carboxylic acid groups (broad SMARTS) is 1. The zero-order valence-electron chi connectivity index (χ0n) is 9.21. The minimum absolute atomic E-state index is 0.105. The monoisotopic (exact) mass is 226 g/mol. The molecule has 2 aromatic rings. The minimum atomic E-state index is -1.03. The molecule has 4 nitrogen and oxygen atoms in total. The molecule has 0 saturated heterocycles. The average Bonchev–Trinajstić information content (AvgIpc) is 2.69. The van der Waals surface area contributed by atoms with Crippen LogP contribution >= 0.6 is 0 Å². The van der Waals surface area contributed by atoms with E-state index in [0.717, 1.165) is 5.56 Å². The SMILES string of the molecule is Cn1ncc(C#Cc2ccccc2)c1C(=O)O. The van der Waals surface area contributed by atoms with Crippen LogP contribution in [0.25, 0.3) is 0 Å². The predicted octanol–water partition coefficient (Wildman–Crippen LogP) is 1.52. The summed E-state index contributed by atoms with van der Waals surface area (Å²) in [7, 11) is 1.58. The summed E-state index contributed by atoms with van der Waals surface area (Å²) in [5.41, 5.74) is 1.37. The van der Waals surface area contributed by atoms with Crippen molar-refractivity contribution in [2.75, 3.05) is 0 Å². The molecule has 0 aliphatic carbocycles. The third kappa shape index (κ3) is 2.34. The van der Waals surface area contributed by atoms with Gasteiger partial charge in [0.2, 0.25) is 0 Å². The van der Waals surface area contributed by atoms with Crippen LogP contribution in [0.3, 0.4) is 0 Å². The van der Waals surface area contributed by atoms with E-state index < -0.39 is 5.97 Å². The van der Waals surface area contributed by atoms with Gasteiger partial charge in [0.15, 0.2) is 5.69 Å². The third-order valence-electron chi connectivity index (χ3n) is 2.26. The maximum atomic E-state index is 11.0. The van der Waals surface area contributed by atoms with Crippen LogP contribution in [0.2, 0.25) is 0 Å². The Morgan fingerprint density at radius 1 is 1.29 bits per heavy atom. The van der Waals surface area contributed by atoms with Crippen molar-refractivity contribution < 1.29 is 9.90 Å². The van der Waals surface area contributed by atoms with E-state index in [0.29, 0.717) is 5.56 Å². The number of aromatic nitrogens is 2. The number of aromatic carboxylic acids is 1. The molecule has 1 N–H and O–H groups in total. The summed E-state index contributed by atoms with van der Waals surface area (Å²) in [6.45, 7) is 0. The van der Waals surface area contributed by atoms with E-state index in [1.807, 2.05) is 30.3 Å². The van der Waals surface area contributed by atoms with E-state index >= 15 is 0 Å². The topological polar surface area (TPSA) is 55.1 Å². The number of hydrogen-bond donors (Lipinski definition) is 1. The summed E-state index contributed by atoms with van der Waals surface area (Å²) < 4.78 is 1.30. The number of carbonyl (C=O) groups is 1. The van der Waals surface area contributed by atoms with Crippen LogP contribution in [0.1, 0.15) is 21.6 Å². The standard InChI is InChI=1S/C13H10N2O2/c1-15-12(13(16)17)11(9-14-15)8-7-10-5-3-2-4-6-10/h2-6,9H,1H3,(H,16,17). The number of benzene rings is 1. The van der Waals surface area contributed by atoms with Gasteiger partial charge in [0.05, 0.1) is 11.8 Å². The van der Waals surface area contributed by atoms with E-state index in [4.69, 9.17) is 5.11 Å². The zero-order chi connectivity index (χ0) is 12.3. The first-order valence-electron chi connectivity index (χ1n) is 5.01. The van der Waals surface area contributed by atoms with E-state index in [1.165, 1.54) is 10.9 Å². The summed E-state index contributed by atoms with van der Waals surface area (Å²) in [6, 6.07) is 9.39. The fourth-order valence-corrected chi connectivity index (χ4v) is 1.44. The summed E-state index contributed by atoms with van der Waals surface area (Å²) in [4.78, 5) is 11.0. The Labute approximate surface area is 98.5 Å². The van der Waals surface area contributed by atoms with Gasteiger partial charge in [0.25, 0.3) is 0 Å². The highest BCUT2D eigenvalue weighted by Gasteiger charge is 2.13. The zero-order valence-corrected chi connectivity index (χ0v) is 9.21. The Kier molecular flexibility index (Phi) is 2.93. The molecule has 2 rings (SSSR count). The van der Waals surface area contributed by atoms with Gasteiger partial charge in [-0.3, -0.25) is 4.68 Å². The van der Waals surface area contributed by atoms with Crippen LogP contribution in [0.5, 0.6) is 0 Å². The van der Waals surface area contributed by atoms with E-state index in [-0.39, 0.29) is 5.69 Å². The van der Waals surface area contributed by atoms with Gasteiger partial charge in [-0.25, -0.2) is 4.79 Å². The van der Waals surface area contributed by atoms with Gasteiger partial charge in [0.1, 0.15) is 0 Å². The van der Waals surface area contributed by atoms with Crippen molar-refractivity contribution in [1.82, 2.24) is 9.78 Å². The molecule has 0 radical (unpaired) electrons. The van der Waals surface area contributed by atoms with Gasteiger partial charge in [-0.05, 0) is 12.1 Å². The lowest BCUT2D eigenvalue weighted by molar-refractivity contribution is 0.0684. The van der Waals surface area contributed by atoms with Crippen molar-refractivity contribution in [3.8, 4) is 11.8 Å². The quantitative estimate of drug-likeness (QED) is 0.750. The molecule has 0 saturated carbocycles. The van der Waals surface area contributed by atoms with Crippen molar-refractivity contribution in [3.63, 3.8) is 0 Å². The summed E-state index contributed by atoms with van der Waals surface area (Å²) >= 11 is 0. The molecular formula is C13H10N2O2. The Morgan fingerprint density at radius 3 is 2.65 bits per heavy atom. The molecule has 0 amide bonds. The van der Waals surface area contributed by atoms with E-state index in [1.54, 1.807) is 7.05 Å². The van der Waals surface area contributed by atoms with Gasteiger partial charge >= 0.3 is 5.97 Å². The highest BCUT2D eigenvalue weighted by Crippen LogP contribution is 2.06. The smallest absolute Gasteiger partial charge is 0.355 e. The molecule has 84 valence electrons. The number of aryl methyl sites for hydroxylation is 1. The van der Waals surface area contributed by atoms with Crippen LogP contribution in [0.4, 0.5) is 0 Å². The van der Waals surface area contributed by atoms with Gasteiger partial charge in [-0.1, -0.05) is 30.0 Å². The molecule has 0 spiro atoms. The molecule has 17 heavy (non-hydrogen) atoms. The molecule has 1 heterocycles. The second kappa shape index (κ2) is 4.54. The summed E-state index contributed by atoms with van der Waals surface area (Å²) in [5, 5.41) is 12.9. The Hall–Kier alpha value is -2.54. The Morgan fingerprint density at radius 2 is 2.00 bits per heavy atom. The molecule has 0 aliphatic heterocycles. The molecule has 0 atom stereocenters. The highest BCUT2D eigenvalue weighted by molar-refractivity contribution is 5.88. The van der Waals surface area contributed by atoms with Gasteiger partial charge < -0.3 is 5.11 Å². The molecule has 4 heteroatoms. The number of nitrogens with zero attached hydrogens (tertiary/aromatic N) is 2. The maximum absolute atomic E-state index is 11.0. The van der Waals surface area contributed by atoms with Crippen molar-refractivity contribution >= 4 is 5.97 Å². The normalized spacial score (nSPS) is 9.47. The molecule has 0 aliphatic rings. The van der Waals surface area contributed by atoms with Crippen LogP contribution < -0.4 is 0 Å². The predicted molar refractivity (Wildman–Crippen MR) is 62.6 cm³/mol. The fourth-order valence-electron chi connectivity index (χ4n) is 1.44. The van der Waals surface area contributed by atoms with Gasteiger partial charge in [-0.15, -0.1) is 0 Å². The van der Waals surface area contributed by atoms with Crippen molar-refractivity contribution in [3.05, 3.63) is 53.3 Å². The molecule has 0 fully saturated rings. The lowest BCUT2D eigenvalue weighted by atomic mass is 10.2. The van der Waals surface area contributed by atoms with Crippen molar-refractivity contribution in [2.24, 2.45) is 7.05 Å². The number of rotatable bonds is 1. The Bertz CT molecular complexity index is 603.